The Hall–Kier alpha value is -2.27. The largest absolute Gasteiger partial charge is 0.461 e. The lowest BCUT2D eigenvalue weighted by Crippen LogP contribution is -2.05. The maximum absolute atomic E-state index is 8.64. The van der Waals surface area contributed by atoms with Crippen LogP contribution in [-0.4, -0.2) is 33.3 Å². The van der Waals surface area contributed by atoms with Crippen LogP contribution in [0, 0.1) is 0 Å². The van der Waals surface area contributed by atoms with Crippen LogP contribution in [0.3, 0.4) is 0 Å². The van der Waals surface area contributed by atoms with Gasteiger partial charge in [-0.05, 0) is 11.6 Å². The second-order valence-corrected chi connectivity index (χ2v) is 3.44. The molecule has 1 heterocycles. The summed E-state index contributed by atoms with van der Waals surface area (Å²) in [5, 5.41) is 8.64. The third-order valence-electron chi connectivity index (χ3n) is 2.12. The van der Waals surface area contributed by atoms with Crippen molar-refractivity contribution in [3.63, 3.8) is 0 Å². The van der Waals surface area contributed by atoms with E-state index in [1.807, 2.05) is 36.4 Å². The molecule has 0 amide bonds. The van der Waals surface area contributed by atoms with Crippen LogP contribution in [0.4, 0.5) is 0 Å². The monoisotopic (exact) mass is 243 g/mol. The van der Waals surface area contributed by atoms with Gasteiger partial charge in [-0.1, -0.05) is 36.4 Å². The maximum Gasteiger partial charge on any atom is 0.320 e. The summed E-state index contributed by atoms with van der Waals surface area (Å²) in [7, 11) is 0. The van der Waals surface area contributed by atoms with E-state index in [2.05, 4.69) is 15.0 Å². The van der Waals surface area contributed by atoms with Gasteiger partial charge in [-0.25, -0.2) is 4.98 Å². The number of hydrogen-bond acceptors (Lipinski definition) is 5. The van der Waals surface area contributed by atoms with Gasteiger partial charge in [0.05, 0.1) is 6.61 Å². The molecule has 0 bridgehead atoms. The Morgan fingerprint density at radius 1 is 1.11 bits per heavy atom. The number of aliphatic hydroxyl groups is 1. The zero-order valence-corrected chi connectivity index (χ0v) is 9.73. The standard InChI is InChI=1S/C13H13N3O2/c17-8-9-18-13-15-10-14-12(16-13)7-6-11-4-2-1-3-5-11/h1-7,10,17H,8-9H2. The normalized spacial score (nSPS) is 10.7. The molecule has 92 valence electrons. The Labute approximate surface area is 105 Å². The smallest absolute Gasteiger partial charge is 0.320 e. The van der Waals surface area contributed by atoms with Crippen LogP contribution >= 0.6 is 0 Å². The van der Waals surface area contributed by atoms with Gasteiger partial charge in [-0.3, -0.25) is 0 Å². The number of hydrogen-bond donors (Lipinski definition) is 1. The average Bonchev–Trinajstić information content (AvgIpc) is 2.44. The summed E-state index contributed by atoms with van der Waals surface area (Å²) in [5.74, 6) is 0.516. The van der Waals surface area contributed by atoms with Crippen LogP contribution in [0.15, 0.2) is 36.7 Å². The Morgan fingerprint density at radius 2 is 1.94 bits per heavy atom. The van der Waals surface area contributed by atoms with Gasteiger partial charge in [0.1, 0.15) is 12.9 Å². The number of ether oxygens (including phenoxy) is 1. The van der Waals surface area contributed by atoms with Gasteiger partial charge >= 0.3 is 6.01 Å². The topological polar surface area (TPSA) is 68.1 Å². The highest BCUT2D eigenvalue weighted by molar-refractivity contribution is 5.66. The number of rotatable bonds is 5. The zero-order valence-electron chi connectivity index (χ0n) is 9.73. The highest BCUT2D eigenvalue weighted by Gasteiger charge is 1.98. The average molecular weight is 243 g/mol. The molecule has 1 aromatic carbocycles. The first kappa shape index (κ1) is 12.2. The highest BCUT2D eigenvalue weighted by atomic mass is 16.5. The summed E-state index contributed by atoms with van der Waals surface area (Å²) in [6, 6.07) is 10.1. The molecule has 0 spiro atoms. The van der Waals surface area contributed by atoms with E-state index in [9.17, 15) is 0 Å². The van der Waals surface area contributed by atoms with Crippen molar-refractivity contribution in [1.29, 1.82) is 0 Å². The van der Waals surface area contributed by atoms with Crippen LogP contribution < -0.4 is 4.74 Å². The summed E-state index contributed by atoms with van der Waals surface area (Å²) in [6.45, 7) is 0.104. The van der Waals surface area contributed by atoms with Crippen molar-refractivity contribution >= 4 is 12.2 Å². The first-order valence-electron chi connectivity index (χ1n) is 5.54. The van der Waals surface area contributed by atoms with Gasteiger partial charge in [0.25, 0.3) is 0 Å². The number of aliphatic hydroxyl groups excluding tert-OH is 1. The molecule has 5 heteroatoms. The molecule has 0 aliphatic carbocycles. The summed E-state index contributed by atoms with van der Waals surface area (Å²) < 4.78 is 5.10. The molecule has 0 radical (unpaired) electrons. The predicted molar refractivity (Wildman–Crippen MR) is 67.8 cm³/mol. The summed E-state index contributed by atoms with van der Waals surface area (Å²) in [5.41, 5.74) is 1.07. The number of benzene rings is 1. The molecule has 0 saturated heterocycles. The molecule has 0 aliphatic rings. The number of nitrogens with zero attached hydrogens (tertiary/aromatic N) is 3. The third-order valence-corrected chi connectivity index (χ3v) is 2.12. The molecule has 2 aromatic rings. The van der Waals surface area contributed by atoms with E-state index in [4.69, 9.17) is 9.84 Å². The quantitative estimate of drug-likeness (QED) is 0.860. The van der Waals surface area contributed by atoms with Crippen LogP contribution in [0.5, 0.6) is 6.01 Å². The maximum atomic E-state index is 8.64. The Kier molecular flexibility index (Phi) is 4.38. The van der Waals surface area contributed by atoms with Crippen LogP contribution in [0.1, 0.15) is 11.4 Å². The molecular formula is C13H13N3O2. The Balaban J connectivity index is 2.07. The number of aromatic nitrogens is 3. The predicted octanol–water partition coefficient (Wildman–Crippen LogP) is 1.41. The third kappa shape index (κ3) is 3.64. The van der Waals surface area contributed by atoms with Crippen LogP contribution in [-0.2, 0) is 0 Å². The fraction of sp³-hybridized carbons (Fsp3) is 0.154. The Bertz CT molecular complexity index is 515. The molecule has 1 N–H and O–H groups in total. The lowest BCUT2D eigenvalue weighted by Gasteiger charge is -2.01. The second kappa shape index (κ2) is 6.46. The fourth-order valence-corrected chi connectivity index (χ4v) is 1.31. The van der Waals surface area contributed by atoms with Crippen LogP contribution in [0.2, 0.25) is 0 Å². The van der Waals surface area contributed by atoms with Gasteiger partial charge in [0, 0.05) is 0 Å². The van der Waals surface area contributed by atoms with Crippen LogP contribution in [0.25, 0.3) is 12.2 Å². The SMILES string of the molecule is OCCOc1ncnc(C=Cc2ccccc2)n1. The molecule has 1 aromatic heterocycles. The van der Waals surface area contributed by atoms with Crippen molar-refractivity contribution in [2.24, 2.45) is 0 Å². The summed E-state index contributed by atoms with van der Waals surface area (Å²) in [4.78, 5) is 11.9. The van der Waals surface area contributed by atoms with E-state index in [1.165, 1.54) is 6.33 Å². The zero-order chi connectivity index (χ0) is 12.6. The molecule has 0 atom stereocenters. The van der Waals surface area contributed by atoms with Crippen molar-refractivity contribution in [2.45, 2.75) is 0 Å². The molecule has 0 saturated carbocycles. The van der Waals surface area contributed by atoms with Crippen molar-refractivity contribution in [2.75, 3.05) is 13.2 Å². The van der Waals surface area contributed by atoms with E-state index in [-0.39, 0.29) is 19.2 Å². The Morgan fingerprint density at radius 3 is 2.72 bits per heavy atom. The molecule has 0 aliphatic heterocycles. The highest BCUT2D eigenvalue weighted by Crippen LogP contribution is 2.06. The van der Waals surface area contributed by atoms with Gasteiger partial charge in [-0.2, -0.15) is 9.97 Å². The van der Waals surface area contributed by atoms with Gasteiger partial charge in [0.2, 0.25) is 0 Å². The molecule has 2 rings (SSSR count). The first-order chi connectivity index (χ1) is 8.88. The van der Waals surface area contributed by atoms with Crippen molar-refractivity contribution < 1.29 is 9.84 Å². The molecule has 18 heavy (non-hydrogen) atoms. The van der Waals surface area contributed by atoms with E-state index >= 15 is 0 Å². The minimum absolute atomic E-state index is 0.0686. The molecular weight excluding hydrogens is 230 g/mol. The van der Waals surface area contributed by atoms with E-state index in [0.29, 0.717) is 5.82 Å². The van der Waals surface area contributed by atoms with E-state index in [1.54, 1.807) is 6.08 Å². The molecule has 0 fully saturated rings. The lowest BCUT2D eigenvalue weighted by atomic mass is 10.2. The van der Waals surface area contributed by atoms with Crippen molar-refractivity contribution in [3.8, 4) is 6.01 Å². The molecule has 5 nitrogen and oxygen atoms in total. The van der Waals surface area contributed by atoms with Crippen molar-refractivity contribution in [1.82, 2.24) is 15.0 Å². The van der Waals surface area contributed by atoms with Gasteiger partial charge in [0.15, 0.2) is 5.82 Å². The van der Waals surface area contributed by atoms with Gasteiger partial charge < -0.3 is 9.84 Å². The fourth-order valence-electron chi connectivity index (χ4n) is 1.31. The first-order valence-corrected chi connectivity index (χ1v) is 5.54. The minimum atomic E-state index is -0.0686. The molecule has 0 unspecified atom stereocenters. The lowest BCUT2D eigenvalue weighted by molar-refractivity contribution is 0.191. The summed E-state index contributed by atoms with van der Waals surface area (Å²) in [6.07, 6.45) is 5.07. The summed E-state index contributed by atoms with van der Waals surface area (Å²) >= 11 is 0. The van der Waals surface area contributed by atoms with Crippen molar-refractivity contribution in [3.05, 3.63) is 48.0 Å². The minimum Gasteiger partial charge on any atom is -0.461 e. The van der Waals surface area contributed by atoms with Gasteiger partial charge in [-0.15, -0.1) is 0 Å². The second-order valence-electron chi connectivity index (χ2n) is 3.44. The van der Waals surface area contributed by atoms with E-state index in [0.717, 1.165) is 5.56 Å². The van der Waals surface area contributed by atoms with E-state index < -0.39 is 0 Å².